The number of halogens is 2. The molecule has 2 rings (SSSR count). The van der Waals surface area contributed by atoms with Crippen LogP contribution < -0.4 is 5.32 Å². The zero-order valence-corrected chi connectivity index (χ0v) is 14.1. The topological polar surface area (TPSA) is 42.0 Å². The Bertz CT molecular complexity index is 629. The quantitative estimate of drug-likeness (QED) is 0.785. The molecular weight excluding hydrogens is 390 g/mol. The van der Waals surface area contributed by atoms with Crippen molar-refractivity contribution in [1.29, 1.82) is 0 Å². The number of nitrogens with one attached hydrogen (secondary N) is 1. The third-order valence-corrected chi connectivity index (χ3v) is 5.03. The Labute approximate surface area is 134 Å². The van der Waals surface area contributed by atoms with E-state index in [9.17, 15) is 9.18 Å². The first-order valence-corrected chi connectivity index (χ1v) is 8.11. The third-order valence-electron chi connectivity index (χ3n) is 2.81. The predicted octanol–water partition coefficient (Wildman–Crippen LogP) is 3.94. The van der Waals surface area contributed by atoms with E-state index < -0.39 is 0 Å². The lowest BCUT2D eigenvalue weighted by Gasteiger charge is -2.12. The van der Waals surface area contributed by atoms with Gasteiger partial charge >= 0.3 is 0 Å². The molecule has 1 aromatic carbocycles. The van der Waals surface area contributed by atoms with Gasteiger partial charge in [-0.1, -0.05) is 6.92 Å². The number of carbonyl (C=O) groups excluding carboxylic acids is 1. The van der Waals surface area contributed by atoms with Crippen molar-refractivity contribution in [2.45, 2.75) is 26.3 Å². The van der Waals surface area contributed by atoms with Crippen molar-refractivity contribution >= 4 is 39.8 Å². The van der Waals surface area contributed by atoms with Gasteiger partial charge in [-0.3, -0.25) is 4.79 Å². The second-order valence-electron chi connectivity index (χ2n) is 4.34. The fourth-order valence-corrected chi connectivity index (χ4v) is 3.28. The second-order valence-corrected chi connectivity index (χ2v) is 6.65. The average Bonchev–Trinajstić information content (AvgIpc) is 2.87. The van der Waals surface area contributed by atoms with Crippen molar-refractivity contribution < 1.29 is 9.18 Å². The molecule has 0 fully saturated rings. The van der Waals surface area contributed by atoms with Gasteiger partial charge in [0.05, 0.1) is 11.6 Å². The first-order chi connectivity index (χ1) is 9.51. The van der Waals surface area contributed by atoms with Gasteiger partial charge in [0.2, 0.25) is 0 Å². The van der Waals surface area contributed by atoms with E-state index in [2.05, 4.69) is 17.2 Å². The number of hydrogen-bond donors (Lipinski definition) is 1. The van der Waals surface area contributed by atoms with E-state index in [0.717, 1.165) is 11.4 Å². The molecule has 1 atom stereocenters. The van der Waals surface area contributed by atoms with Gasteiger partial charge in [0.15, 0.2) is 0 Å². The Morgan fingerprint density at radius 1 is 1.55 bits per heavy atom. The van der Waals surface area contributed by atoms with E-state index in [1.165, 1.54) is 23.1 Å². The van der Waals surface area contributed by atoms with Crippen LogP contribution in [0.3, 0.4) is 0 Å². The maximum absolute atomic E-state index is 13.0. The van der Waals surface area contributed by atoms with Crippen molar-refractivity contribution in [2.24, 2.45) is 0 Å². The normalized spacial score (nSPS) is 12.2. The number of aryl methyl sites for hydroxylation is 1. The van der Waals surface area contributed by atoms with Gasteiger partial charge in [-0.2, -0.15) is 0 Å². The summed E-state index contributed by atoms with van der Waals surface area (Å²) in [6, 6.07) is 3.98. The molecule has 6 heteroatoms. The number of amides is 1. The van der Waals surface area contributed by atoms with E-state index in [0.29, 0.717) is 9.13 Å². The molecule has 0 saturated heterocycles. The minimum Gasteiger partial charge on any atom is -0.343 e. The van der Waals surface area contributed by atoms with Crippen LogP contribution in [0.1, 0.15) is 40.1 Å². The highest BCUT2D eigenvalue weighted by atomic mass is 127. The Balaban J connectivity index is 2.10. The largest absolute Gasteiger partial charge is 0.343 e. The smallest absolute Gasteiger partial charge is 0.252 e. The summed E-state index contributed by atoms with van der Waals surface area (Å²) in [5, 5.41) is 3.77. The fourth-order valence-electron chi connectivity index (χ4n) is 1.70. The molecule has 106 valence electrons. The van der Waals surface area contributed by atoms with Crippen molar-refractivity contribution in [3.8, 4) is 0 Å². The highest BCUT2D eigenvalue weighted by Gasteiger charge is 2.16. The maximum Gasteiger partial charge on any atom is 0.252 e. The molecule has 1 heterocycles. The molecule has 1 N–H and O–H groups in total. The van der Waals surface area contributed by atoms with Gasteiger partial charge in [0.25, 0.3) is 5.91 Å². The van der Waals surface area contributed by atoms with Crippen LogP contribution in [0.4, 0.5) is 4.39 Å². The van der Waals surface area contributed by atoms with Crippen LogP contribution in [0.15, 0.2) is 24.4 Å². The summed E-state index contributed by atoms with van der Waals surface area (Å²) in [7, 11) is 0. The summed E-state index contributed by atoms with van der Waals surface area (Å²) in [6.45, 7) is 3.97. The lowest BCUT2D eigenvalue weighted by molar-refractivity contribution is 0.0939. The van der Waals surface area contributed by atoms with Crippen LogP contribution in [-0.4, -0.2) is 10.9 Å². The summed E-state index contributed by atoms with van der Waals surface area (Å²) in [6.07, 6.45) is 2.78. The van der Waals surface area contributed by atoms with Crippen molar-refractivity contribution in [3.63, 3.8) is 0 Å². The van der Waals surface area contributed by atoms with E-state index in [1.54, 1.807) is 11.3 Å². The summed E-state index contributed by atoms with van der Waals surface area (Å²) in [4.78, 5) is 17.7. The SMILES string of the molecule is CCc1cnc(C(C)NC(=O)c2ccc(F)cc2I)s1. The van der Waals surface area contributed by atoms with Crippen LogP contribution in [-0.2, 0) is 6.42 Å². The number of benzene rings is 1. The van der Waals surface area contributed by atoms with E-state index in [-0.39, 0.29) is 17.8 Å². The standard InChI is InChI=1S/C14H14FIN2OS/c1-3-10-7-17-14(20-10)8(2)18-13(19)11-5-4-9(15)6-12(11)16/h4-8H,3H2,1-2H3,(H,18,19). The fraction of sp³-hybridized carbons (Fsp3) is 0.286. The van der Waals surface area contributed by atoms with Gasteiger partial charge in [-0.15, -0.1) is 11.3 Å². The molecule has 0 radical (unpaired) electrons. The molecule has 2 aromatic rings. The second kappa shape index (κ2) is 6.62. The Kier molecular flexibility index (Phi) is 5.09. The zero-order valence-electron chi connectivity index (χ0n) is 11.1. The molecule has 20 heavy (non-hydrogen) atoms. The number of aromatic nitrogens is 1. The summed E-state index contributed by atoms with van der Waals surface area (Å²) in [5.74, 6) is -0.554. The first-order valence-electron chi connectivity index (χ1n) is 6.21. The van der Waals surface area contributed by atoms with Gasteiger partial charge in [0, 0.05) is 14.6 Å². The number of hydrogen-bond acceptors (Lipinski definition) is 3. The molecule has 3 nitrogen and oxygen atoms in total. The van der Waals surface area contributed by atoms with Crippen molar-refractivity contribution in [3.05, 3.63) is 49.2 Å². The van der Waals surface area contributed by atoms with E-state index in [1.807, 2.05) is 35.7 Å². The predicted molar refractivity (Wildman–Crippen MR) is 86.5 cm³/mol. The number of nitrogens with zero attached hydrogens (tertiary/aromatic N) is 1. The van der Waals surface area contributed by atoms with Crippen molar-refractivity contribution in [1.82, 2.24) is 10.3 Å². The van der Waals surface area contributed by atoms with E-state index >= 15 is 0 Å². The molecule has 0 aliphatic heterocycles. The Morgan fingerprint density at radius 3 is 2.90 bits per heavy atom. The highest BCUT2D eigenvalue weighted by molar-refractivity contribution is 14.1. The third kappa shape index (κ3) is 3.54. The minimum absolute atomic E-state index is 0.159. The first kappa shape index (κ1) is 15.4. The molecule has 0 aliphatic carbocycles. The Hall–Kier alpha value is -1.02. The number of rotatable bonds is 4. The summed E-state index contributed by atoms with van der Waals surface area (Å²) < 4.78 is 13.6. The highest BCUT2D eigenvalue weighted by Crippen LogP contribution is 2.21. The zero-order chi connectivity index (χ0) is 14.7. The molecular formula is C14H14FIN2OS. The summed E-state index contributed by atoms with van der Waals surface area (Å²) >= 11 is 3.56. The van der Waals surface area contributed by atoms with Crippen LogP contribution in [0.2, 0.25) is 0 Å². The molecule has 1 unspecified atom stereocenters. The van der Waals surface area contributed by atoms with Gasteiger partial charge < -0.3 is 5.32 Å². The summed E-state index contributed by atoms with van der Waals surface area (Å²) in [5.41, 5.74) is 0.478. The molecule has 0 aliphatic rings. The lowest BCUT2D eigenvalue weighted by atomic mass is 10.2. The minimum atomic E-state index is -0.341. The Morgan fingerprint density at radius 2 is 2.30 bits per heavy atom. The van der Waals surface area contributed by atoms with Gasteiger partial charge in [-0.05, 0) is 54.1 Å². The molecule has 0 spiro atoms. The van der Waals surface area contributed by atoms with Crippen LogP contribution in [0.5, 0.6) is 0 Å². The molecule has 1 amide bonds. The number of carbonyl (C=O) groups is 1. The van der Waals surface area contributed by atoms with Gasteiger partial charge in [0.1, 0.15) is 10.8 Å². The number of thiazole rings is 1. The van der Waals surface area contributed by atoms with E-state index in [4.69, 9.17) is 0 Å². The maximum atomic E-state index is 13.0. The molecule has 0 bridgehead atoms. The lowest BCUT2D eigenvalue weighted by Crippen LogP contribution is -2.27. The van der Waals surface area contributed by atoms with Gasteiger partial charge in [-0.25, -0.2) is 9.37 Å². The molecule has 0 saturated carbocycles. The average molecular weight is 404 g/mol. The van der Waals surface area contributed by atoms with Crippen LogP contribution in [0, 0.1) is 9.39 Å². The monoisotopic (exact) mass is 404 g/mol. The molecule has 1 aromatic heterocycles. The van der Waals surface area contributed by atoms with Crippen molar-refractivity contribution in [2.75, 3.05) is 0 Å². The van der Waals surface area contributed by atoms with Crippen LogP contribution in [0.25, 0.3) is 0 Å². The van der Waals surface area contributed by atoms with Crippen LogP contribution >= 0.6 is 33.9 Å².